The third-order valence-corrected chi connectivity index (χ3v) is 7.21. The van der Waals surface area contributed by atoms with Gasteiger partial charge in [0.2, 0.25) is 0 Å². The van der Waals surface area contributed by atoms with Gasteiger partial charge in [-0.15, -0.1) is 0 Å². The molecular formula is C31H35N3O4. The zero-order valence-electron chi connectivity index (χ0n) is 22.6. The number of hydrogen-bond donors (Lipinski definition) is 0. The molecule has 0 saturated carbocycles. The van der Waals surface area contributed by atoms with Crippen LogP contribution in [0.25, 0.3) is 21.8 Å². The van der Waals surface area contributed by atoms with Crippen molar-refractivity contribution in [3.05, 3.63) is 87.5 Å². The fourth-order valence-corrected chi connectivity index (χ4v) is 5.15. The van der Waals surface area contributed by atoms with E-state index in [1.54, 1.807) is 12.1 Å². The first-order valence-electron chi connectivity index (χ1n) is 13.4. The Morgan fingerprint density at radius 1 is 0.974 bits per heavy atom. The van der Waals surface area contributed by atoms with Gasteiger partial charge in [-0.3, -0.25) is 10.1 Å². The minimum Gasteiger partial charge on any atom is -0.341 e. The number of oxime groups is 1. The minimum absolute atomic E-state index is 0.0479. The van der Waals surface area contributed by atoms with Crippen LogP contribution in [0.1, 0.15) is 70.1 Å². The van der Waals surface area contributed by atoms with Crippen LogP contribution >= 0.6 is 0 Å². The second kappa shape index (κ2) is 12.0. The summed E-state index contributed by atoms with van der Waals surface area (Å²) in [5.74, 6) is 0.164. The molecule has 0 aliphatic carbocycles. The smallest absolute Gasteiger partial charge is 0.332 e. The van der Waals surface area contributed by atoms with Crippen LogP contribution in [0.4, 0.5) is 5.69 Å². The highest BCUT2D eigenvalue weighted by molar-refractivity contribution is 6.17. The molecule has 0 aliphatic heterocycles. The van der Waals surface area contributed by atoms with Gasteiger partial charge in [-0.2, -0.15) is 0 Å². The van der Waals surface area contributed by atoms with Crippen LogP contribution in [-0.2, 0) is 22.6 Å². The van der Waals surface area contributed by atoms with Gasteiger partial charge in [-0.1, -0.05) is 75.0 Å². The van der Waals surface area contributed by atoms with Crippen molar-refractivity contribution in [3.63, 3.8) is 0 Å². The zero-order valence-corrected chi connectivity index (χ0v) is 22.6. The number of carbonyl (C=O) groups excluding carboxylic acids is 1. The van der Waals surface area contributed by atoms with Crippen molar-refractivity contribution in [1.29, 1.82) is 0 Å². The fraction of sp³-hybridized carbons (Fsp3) is 0.355. The van der Waals surface area contributed by atoms with Crippen LogP contribution in [0.3, 0.4) is 0 Å². The van der Waals surface area contributed by atoms with Crippen molar-refractivity contribution in [1.82, 2.24) is 4.57 Å². The van der Waals surface area contributed by atoms with Gasteiger partial charge in [0.05, 0.1) is 4.92 Å². The lowest BCUT2D eigenvalue weighted by Gasteiger charge is -2.15. The Balaban J connectivity index is 1.77. The zero-order chi connectivity index (χ0) is 27.2. The molecule has 0 saturated heterocycles. The number of unbranched alkanes of at least 4 members (excludes halogenated alkanes) is 1. The second-order valence-corrected chi connectivity index (χ2v) is 9.78. The van der Waals surface area contributed by atoms with Gasteiger partial charge in [-0.25, -0.2) is 4.79 Å². The topological polar surface area (TPSA) is 86.7 Å². The molecule has 3 aromatic carbocycles. The number of fused-ring (bicyclic) bond motifs is 3. The summed E-state index contributed by atoms with van der Waals surface area (Å²) in [5.41, 5.74) is 5.37. The van der Waals surface area contributed by atoms with Gasteiger partial charge in [0, 0.05) is 58.5 Å². The largest absolute Gasteiger partial charge is 0.341 e. The van der Waals surface area contributed by atoms with E-state index in [2.05, 4.69) is 42.6 Å². The van der Waals surface area contributed by atoms with Crippen LogP contribution in [-0.4, -0.2) is 21.2 Å². The highest BCUT2D eigenvalue weighted by Crippen LogP contribution is 2.33. The number of non-ortho nitro benzene ring substituents is 1. The summed E-state index contributed by atoms with van der Waals surface area (Å²) < 4.78 is 2.14. The van der Waals surface area contributed by atoms with Gasteiger partial charge in [-0.05, 0) is 43.0 Å². The number of nitro groups is 1. The van der Waals surface area contributed by atoms with E-state index in [0.29, 0.717) is 11.6 Å². The van der Waals surface area contributed by atoms with E-state index in [0.717, 1.165) is 52.3 Å². The van der Waals surface area contributed by atoms with Crippen LogP contribution in [0, 0.1) is 16.0 Å². The quantitative estimate of drug-likeness (QED) is 0.0886. The van der Waals surface area contributed by atoms with Crippen LogP contribution < -0.4 is 0 Å². The van der Waals surface area contributed by atoms with Crippen molar-refractivity contribution in [2.24, 2.45) is 11.1 Å². The average molecular weight is 514 g/mol. The lowest BCUT2D eigenvalue weighted by atomic mass is 9.91. The number of hydrogen-bond acceptors (Lipinski definition) is 5. The molecule has 0 spiro atoms. The Labute approximate surface area is 223 Å². The van der Waals surface area contributed by atoms with E-state index >= 15 is 0 Å². The van der Waals surface area contributed by atoms with Crippen LogP contribution in [0.2, 0.25) is 0 Å². The average Bonchev–Trinajstić information content (AvgIpc) is 3.24. The van der Waals surface area contributed by atoms with E-state index in [1.807, 2.05) is 30.3 Å². The summed E-state index contributed by atoms with van der Waals surface area (Å²) in [6, 6.07) is 19.2. The van der Waals surface area contributed by atoms with Crippen LogP contribution in [0.15, 0.2) is 65.8 Å². The molecule has 4 rings (SSSR count). The standard InChI is InChI=1S/C31H35N3O4/c1-5-8-9-22(6-2)18-23-10-12-24(13-11-23)31(32-38-21(4)35)25-14-16-29-27(19-25)28-20-26(34(36)37)15-17-30(28)33(29)7-3/h10-17,19-20,22H,5-9,18H2,1-4H3/b32-31+. The van der Waals surface area contributed by atoms with Gasteiger partial charge in [0.1, 0.15) is 5.71 Å². The Bertz CT molecular complexity index is 1480. The van der Waals surface area contributed by atoms with Crippen molar-refractivity contribution < 1.29 is 14.6 Å². The summed E-state index contributed by atoms with van der Waals surface area (Å²) in [5, 5.41) is 17.4. The molecule has 0 bridgehead atoms. The maximum Gasteiger partial charge on any atom is 0.332 e. The maximum absolute atomic E-state index is 11.6. The van der Waals surface area contributed by atoms with Crippen LogP contribution in [0.5, 0.6) is 0 Å². The summed E-state index contributed by atoms with van der Waals surface area (Å²) in [6.45, 7) is 8.57. The molecule has 1 atom stereocenters. The molecule has 38 heavy (non-hydrogen) atoms. The predicted molar refractivity (Wildman–Crippen MR) is 153 cm³/mol. The van der Waals surface area contributed by atoms with Crippen molar-refractivity contribution in [2.45, 2.75) is 66.3 Å². The van der Waals surface area contributed by atoms with Gasteiger partial charge < -0.3 is 9.40 Å². The summed E-state index contributed by atoms with van der Waals surface area (Å²) in [6.07, 6.45) is 5.88. The lowest BCUT2D eigenvalue weighted by molar-refractivity contribution is -0.384. The van der Waals surface area contributed by atoms with E-state index in [-0.39, 0.29) is 10.6 Å². The Kier molecular flexibility index (Phi) is 8.56. The molecular weight excluding hydrogens is 478 g/mol. The van der Waals surface area contributed by atoms with Gasteiger partial charge in [0.15, 0.2) is 0 Å². The molecule has 198 valence electrons. The highest BCUT2D eigenvalue weighted by atomic mass is 16.7. The first-order chi connectivity index (χ1) is 18.4. The fourth-order valence-electron chi connectivity index (χ4n) is 5.15. The molecule has 1 unspecified atom stereocenters. The Morgan fingerprint density at radius 3 is 2.24 bits per heavy atom. The second-order valence-electron chi connectivity index (χ2n) is 9.78. The first kappa shape index (κ1) is 27.0. The normalized spacial score (nSPS) is 12.7. The molecule has 1 heterocycles. The van der Waals surface area contributed by atoms with E-state index in [1.165, 1.54) is 37.8 Å². The SMILES string of the molecule is CCCCC(CC)Cc1ccc(/C(=N\OC(C)=O)c2ccc3c(c2)c2cc([N+](=O)[O-])ccc2n3CC)cc1. The molecule has 0 aliphatic rings. The number of carbonyl (C=O) groups is 1. The van der Waals surface area contributed by atoms with Gasteiger partial charge >= 0.3 is 5.97 Å². The van der Waals surface area contributed by atoms with E-state index in [4.69, 9.17) is 4.84 Å². The van der Waals surface area contributed by atoms with E-state index < -0.39 is 5.97 Å². The molecule has 0 fully saturated rings. The number of aryl methyl sites for hydroxylation is 1. The number of nitro benzene ring substituents is 1. The monoisotopic (exact) mass is 513 g/mol. The number of benzene rings is 3. The third-order valence-electron chi connectivity index (χ3n) is 7.21. The molecule has 7 nitrogen and oxygen atoms in total. The number of aromatic nitrogens is 1. The molecule has 0 N–H and O–H groups in total. The first-order valence-corrected chi connectivity index (χ1v) is 13.4. The maximum atomic E-state index is 11.6. The van der Waals surface area contributed by atoms with E-state index in [9.17, 15) is 14.9 Å². The van der Waals surface area contributed by atoms with Crippen molar-refractivity contribution in [3.8, 4) is 0 Å². The molecule has 4 aromatic rings. The molecule has 1 aromatic heterocycles. The van der Waals surface area contributed by atoms with Gasteiger partial charge in [0.25, 0.3) is 5.69 Å². The Morgan fingerprint density at radius 2 is 1.63 bits per heavy atom. The summed E-state index contributed by atoms with van der Waals surface area (Å²) in [4.78, 5) is 27.8. The third kappa shape index (κ3) is 5.77. The number of nitrogens with zero attached hydrogens (tertiary/aromatic N) is 3. The highest BCUT2D eigenvalue weighted by Gasteiger charge is 2.17. The van der Waals surface area contributed by atoms with Crippen molar-refractivity contribution in [2.75, 3.05) is 0 Å². The number of rotatable bonds is 11. The van der Waals surface area contributed by atoms with Crippen molar-refractivity contribution >= 4 is 39.2 Å². The lowest BCUT2D eigenvalue weighted by Crippen LogP contribution is -2.07. The molecule has 7 heteroatoms. The molecule has 0 amide bonds. The molecule has 0 radical (unpaired) electrons. The summed E-state index contributed by atoms with van der Waals surface area (Å²) in [7, 11) is 0. The predicted octanol–water partition coefficient (Wildman–Crippen LogP) is 7.80. The summed E-state index contributed by atoms with van der Waals surface area (Å²) >= 11 is 0. The Hall–Kier alpha value is -4.00. The minimum atomic E-state index is -0.500.